The van der Waals surface area contributed by atoms with Crippen LogP contribution in [0.5, 0.6) is 0 Å². The smallest absolute Gasteiger partial charge is 0 e. The summed E-state index contributed by atoms with van der Waals surface area (Å²) in [5.41, 5.74) is 0. The quantitative estimate of drug-likeness (QED) is 0.0758. The molecule has 0 N–H and O–H groups in total. The molecule has 0 spiro atoms. The SMILES string of the molecule is C=CCCCCCC.C=CCCCCCC.C=CCCCCCC.C=CCCCCCC.[Cl-].[Cl-].[Rh].[Rh]. The van der Waals surface area contributed by atoms with E-state index in [1.54, 1.807) is 0 Å². The molecule has 0 aliphatic carbocycles. The predicted octanol–water partition coefficient (Wildman–Crippen LogP) is 6.57. The van der Waals surface area contributed by atoms with Gasteiger partial charge in [0, 0.05) is 39.0 Å². The molecular formula is C32H64Cl2Rh2-2. The van der Waals surface area contributed by atoms with Crippen LogP contribution in [0.25, 0.3) is 0 Å². The van der Waals surface area contributed by atoms with Gasteiger partial charge in [-0.15, -0.1) is 26.3 Å². The molecule has 0 unspecified atom stereocenters. The molecule has 0 saturated carbocycles. The van der Waals surface area contributed by atoms with E-state index in [-0.39, 0.29) is 63.8 Å². The van der Waals surface area contributed by atoms with Crippen molar-refractivity contribution in [1.82, 2.24) is 0 Å². The van der Waals surface area contributed by atoms with Gasteiger partial charge in [0.1, 0.15) is 0 Å². The van der Waals surface area contributed by atoms with Crippen LogP contribution in [0.2, 0.25) is 0 Å². The second-order valence-electron chi connectivity index (χ2n) is 8.55. The van der Waals surface area contributed by atoms with Crippen molar-refractivity contribution < 1.29 is 63.8 Å². The maximum absolute atomic E-state index is 3.66. The van der Waals surface area contributed by atoms with E-state index in [4.69, 9.17) is 0 Å². The molecule has 0 nitrogen and oxygen atoms in total. The second kappa shape index (κ2) is 70.5. The summed E-state index contributed by atoms with van der Waals surface area (Å²) < 4.78 is 0. The van der Waals surface area contributed by atoms with Crippen LogP contribution in [0.4, 0.5) is 0 Å². The van der Waals surface area contributed by atoms with E-state index in [1.807, 2.05) is 24.3 Å². The fraction of sp³-hybridized carbons (Fsp3) is 0.750. The standard InChI is InChI=1S/4C8H16.2ClH.2Rh/c4*1-3-5-7-8-6-4-2;;;;/h4*3H,1,4-8H2,2H3;2*1H;;/p-2. The van der Waals surface area contributed by atoms with E-state index >= 15 is 0 Å². The van der Waals surface area contributed by atoms with Crippen LogP contribution in [0, 0.1) is 0 Å². The number of unbranched alkanes of at least 4 members (excludes halogenated alkanes) is 16. The first-order chi connectivity index (χ1) is 15.7. The zero-order chi connectivity index (χ0) is 25.0. The van der Waals surface area contributed by atoms with Gasteiger partial charge in [-0.3, -0.25) is 0 Å². The largest absolute Gasteiger partial charge is 1.00 e. The molecule has 36 heavy (non-hydrogen) atoms. The molecule has 0 aromatic rings. The van der Waals surface area contributed by atoms with E-state index in [0.29, 0.717) is 0 Å². The van der Waals surface area contributed by atoms with E-state index in [9.17, 15) is 0 Å². The van der Waals surface area contributed by atoms with E-state index in [0.717, 1.165) is 0 Å². The summed E-state index contributed by atoms with van der Waals surface area (Å²) in [5.74, 6) is 0. The molecule has 0 saturated heterocycles. The molecule has 0 fully saturated rings. The van der Waals surface area contributed by atoms with Crippen molar-refractivity contribution in [1.29, 1.82) is 0 Å². The van der Waals surface area contributed by atoms with Crippen LogP contribution in [0.3, 0.4) is 0 Å². The van der Waals surface area contributed by atoms with Gasteiger partial charge in [-0.2, -0.15) is 0 Å². The summed E-state index contributed by atoms with van der Waals surface area (Å²) in [6.07, 6.45) is 34.4. The summed E-state index contributed by atoms with van der Waals surface area (Å²) >= 11 is 0. The third-order valence-electron chi connectivity index (χ3n) is 5.05. The summed E-state index contributed by atoms with van der Waals surface area (Å²) in [6.45, 7) is 23.6. The molecule has 226 valence electrons. The Morgan fingerprint density at radius 2 is 0.500 bits per heavy atom. The molecule has 0 rings (SSSR count). The fourth-order valence-electron chi connectivity index (χ4n) is 2.86. The first kappa shape index (κ1) is 56.9. The van der Waals surface area contributed by atoms with E-state index < -0.39 is 0 Å². The van der Waals surface area contributed by atoms with Crippen molar-refractivity contribution in [2.75, 3.05) is 0 Å². The summed E-state index contributed by atoms with van der Waals surface area (Å²) in [6, 6.07) is 0. The Labute approximate surface area is 268 Å². The fourth-order valence-corrected chi connectivity index (χ4v) is 2.86. The van der Waals surface area contributed by atoms with Gasteiger partial charge in [0.25, 0.3) is 0 Å². The van der Waals surface area contributed by atoms with Gasteiger partial charge in [-0.05, 0) is 51.4 Å². The molecule has 0 bridgehead atoms. The first-order valence-corrected chi connectivity index (χ1v) is 14.1. The van der Waals surface area contributed by atoms with Crippen molar-refractivity contribution in [3.05, 3.63) is 50.6 Å². The van der Waals surface area contributed by atoms with Gasteiger partial charge in [0.15, 0.2) is 0 Å². The number of hydrogen-bond donors (Lipinski definition) is 0. The van der Waals surface area contributed by atoms with Crippen molar-refractivity contribution in [3.63, 3.8) is 0 Å². The molecule has 2 radical (unpaired) electrons. The molecule has 4 heteroatoms. The average Bonchev–Trinajstić information content (AvgIpc) is 2.82. The van der Waals surface area contributed by atoms with Crippen molar-refractivity contribution >= 4 is 0 Å². The molecule has 0 atom stereocenters. The average molecular weight is 726 g/mol. The van der Waals surface area contributed by atoms with E-state index in [2.05, 4.69) is 54.0 Å². The summed E-state index contributed by atoms with van der Waals surface area (Å²) in [5, 5.41) is 0. The Balaban J connectivity index is -0.0000000467. The minimum atomic E-state index is 0. The molecule has 0 aromatic carbocycles. The predicted molar refractivity (Wildman–Crippen MR) is 156 cm³/mol. The van der Waals surface area contributed by atoms with Crippen LogP contribution >= 0.6 is 0 Å². The van der Waals surface area contributed by atoms with Crippen LogP contribution in [0.1, 0.15) is 156 Å². The van der Waals surface area contributed by atoms with E-state index in [1.165, 1.54) is 128 Å². The van der Waals surface area contributed by atoms with Gasteiger partial charge in [0.2, 0.25) is 0 Å². The maximum atomic E-state index is 3.66. The van der Waals surface area contributed by atoms with Crippen LogP contribution in [0.15, 0.2) is 50.6 Å². The van der Waals surface area contributed by atoms with Gasteiger partial charge in [0.05, 0.1) is 0 Å². The number of hydrogen-bond acceptors (Lipinski definition) is 0. The number of halogens is 2. The molecule has 0 heterocycles. The Morgan fingerprint density at radius 1 is 0.333 bits per heavy atom. The van der Waals surface area contributed by atoms with Crippen LogP contribution in [-0.2, 0) is 39.0 Å². The van der Waals surface area contributed by atoms with Gasteiger partial charge in [-0.25, -0.2) is 0 Å². The van der Waals surface area contributed by atoms with Crippen LogP contribution < -0.4 is 24.8 Å². The topological polar surface area (TPSA) is 0 Å². The Hall–Kier alpha value is 0.787. The Bertz CT molecular complexity index is 270. The second-order valence-corrected chi connectivity index (χ2v) is 8.55. The molecular weight excluding hydrogens is 661 g/mol. The molecule has 0 aromatic heterocycles. The monoisotopic (exact) mass is 724 g/mol. The molecule has 0 aliphatic rings. The third-order valence-corrected chi connectivity index (χ3v) is 5.05. The zero-order valence-corrected chi connectivity index (χ0v) is 29.5. The molecule has 0 amide bonds. The Morgan fingerprint density at radius 3 is 0.611 bits per heavy atom. The minimum absolute atomic E-state index is 0. The first-order valence-electron chi connectivity index (χ1n) is 14.1. The van der Waals surface area contributed by atoms with Crippen molar-refractivity contribution in [2.24, 2.45) is 0 Å². The minimum Gasteiger partial charge on any atom is -1.00 e. The van der Waals surface area contributed by atoms with Gasteiger partial charge >= 0.3 is 0 Å². The van der Waals surface area contributed by atoms with Gasteiger partial charge < -0.3 is 24.8 Å². The summed E-state index contributed by atoms with van der Waals surface area (Å²) in [4.78, 5) is 0. The Kier molecular flexibility index (Phi) is 111. The molecule has 0 aliphatic heterocycles. The number of allylic oxidation sites excluding steroid dienone is 4. The van der Waals surface area contributed by atoms with Crippen molar-refractivity contribution in [3.8, 4) is 0 Å². The van der Waals surface area contributed by atoms with Crippen LogP contribution in [-0.4, -0.2) is 0 Å². The summed E-state index contributed by atoms with van der Waals surface area (Å²) in [7, 11) is 0. The van der Waals surface area contributed by atoms with Gasteiger partial charge in [-0.1, -0.05) is 129 Å². The van der Waals surface area contributed by atoms with Crippen molar-refractivity contribution in [2.45, 2.75) is 156 Å². The maximum Gasteiger partial charge on any atom is 0 e. The normalized spacial score (nSPS) is 8.11. The number of rotatable bonds is 20. The zero-order valence-electron chi connectivity index (χ0n) is 24.7. The third kappa shape index (κ3) is 91.9.